The average molecular weight is 450 g/mol. The van der Waals surface area contributed by atoms with Crippen LogP contribution in [0, 0.1) is 11.3 Å². The SMILES string of the molecule is CC(CCC1c2ccc(Br)cc2-c2cc(Br)ccc21)CC(C)(C)C. The summed E-state index contributed by atoms with van der Waals surface area (Å²) >= 11 is 7.28. The van der Waals surface area contributed by atoms with Crippen LogP contribution in [0.15, 0.2) is 45.3 Å². The van der Waals surface area contributed by atoms with Gasteiger partial charge < -0.3 is 0 Å². The van der Waals surface area contributed by atoms with Crippen molar-refractivity contribution in [1.82, 2.24) is 0 Å². The third kappa shape index (κ3) is 3.96. The highest BCUT2D eigenvalue weighted by atomic mass is 79.9. The van der Waals surface area contributed by atoms with E-state index in [1.165, 1.54) is 41.5 Å². The Balaban J connectivity index is 1.87. The zero-order chi connectivity index (χ0) is 17.5. The molecule has 0 nitrogen and oxygen atoms in total. The summed E-state index contributed by atoms with van der Waals surface area (Å²) in [4.78, 5) is 0. The van der Waals surface area contributed by atoms with Gasteiger partial charge in [-0.05, 0) is 77.1 Å². The smallest absolute Gasteiger partial charge is 0.0181 e. The van der Waals surface area contributed by atoms with Crippen LogP contribution in [-0.2, 0) is 0 Å². The molecule has 1 aliphatic rings. The summed E-state index contributed by atoms with van der Waals surface area (Å²) in [5.41, 5.74) is 6.20. The molecule has 2 aromatic carbocycles. The first-order chi connectivity index (χ1) is 11.2. The van der Waals surface area contributed by atoms with Crippen LogP contribution in [0.25, 0.3) is 11.1 Å². The average Bonchev–Trinajstić information content (AvgIpc) is 2.76. The van der Waals surface area contributed by atoms with Gasteiger partial charge in [0.25, 0.3) is 0 Å². The summed E-state index contributed by atoms with van der Waals surface area (Å²) in [7, 11) is 0. The lowest BCUT2D eigenvalue weighted by Gasteiger charge is -2.24. The van der Waals surface area contributed by atoms with E-state index in [1.54, 1.807) is 0 Å². The maximum absolute atomic E-state index is 3.64. The summed E-state index contributed by atoms with van der Waals surface area (Å²) in [5, 5.41) is 0. The Morgan fingerprint density at radius 1 is 0.917 bits per heavy atom. The number of fused-ring (bicyclic) bond motifs is 3. The number of hydrogen-bond donors (Lipinski definition) is 0. The maximum atomic E-state index is 3.64. The van der Waals surface area contributed by atoms with E-state index in [0.29, 0.717) is 11.3 Å². The van der Waals surface area contributed by atoms with Crippen molar-refractivity contribution in [3.63, 3.8) is 0 Å². The Morgan fingerprint density at radius 2 is 1.42 bits per heavy atom. The summed E-state index contributed by atoms with van der Waals surface area (Å²) < 4.78 is 2.32. The van der Waals surface area contributed by atoms with Crippen molar-refractivity contribution in [1.29, 1.82) is 0 Å². The molecule has 0 spiro atoms. The third-order valence-electron chi connectivity index (χ3n) is 4.98. The molecular weight excluding hydrogens is 424 g/mol. The van der Waals surface area contributed by atoms with Crippen LogP contribution in [0.4, 0.5) is 0 Å². The van der Waals surface area contributed by atoms with Crippen molar-refractivity contribution in [3.8, 4) is 11.1 Å². The standard InChI is InChI=1S/C22H26Br2/c1-14(13-22(2,3)4)5-8-17-18-9-6-15(23)11-20(18)21-12-16(24)7-10-19(17)21/h6-7,9-12,14,17H,5,8,13H2,1-4H3. The highest BCUT2D eigenvalue weighted by molar-refractivity contribution is 9.10. The van der Waals surface area contributed by atoms with Gasteiger partial charge in [-0.15, -0.1) is 0 Å². The Bertz CT molecular complexity index is 689. The molecule has 2 aromatic rings. The number of halogens is 2. The second kappa shape index (κ2) is 6.96. The molecule has 0 aliphatic heterocycles. The van der Waals surface area contributed by atoms with E-state index in [2.05, 4.69) is 96.0 Å². The first-order valence-corrected chi connectivity index (χ1v) is 10.4. The molecule has 0 bridgehead atoms. The van der Waals surface area contributed by atoms with Gasteiger partial charge >= 0.3 is 0 Å². The van der Waals surface area contributed by atoms with Gasteiger partial charge in [-0.2, -0.15) is 0 Å². The molecule has 128 valence electrons. The Kier molecular flexibility index (Phi) is 5.28. The molecule has 1 atom stereocenters. The maximum Gasteiger partial charge on any atom is 0.0181 e. The van der Waals surface area contributed by atoms with Crippen molar-refractivity contribution < 1.29 is 0 Å². The molecule has 0 saturated heterocycles. The van der Waals surface area contributed by atoms with Gasteiger partial charge in [0.2, 0.25) is 0 Å². The second-order valence-corrected chi connectivity index (χ2v) is 10.3. The molecular formula is C22H26Br2. The molecule has 0 aromatic heterocycles. The van der Waals surface area contributed by atoms with E-state index in [4.69, 9.17) is 0 Å². The van der Waals surface area contributed by atoms with Gasteiger partial charge in [0.05, 0.1) is 0 Å². The van der Waals surface area contributed by atoms with Crippen molar-refractivity contribution >= 4 is 31.9 Å². The fourth-order valence-corrected chi connectivity index (χ4v) is 4.93. The Labute approximate surface area is 163 Å². The van der Waals surface area contributed by atoms with Crippen LogP contribution in [0.5, 0.6) is 0 Å². The van der Waals surface area contributed by atoms with Crippen molar-refractivity contribution in [2.75, 3.05) is 0 Å². The van der Waals surface area contributed by atoms with Crippen LogP contribution < -0.4 is 0 Å². The largest absolute Gasteiger partial charge is 0.0625 e. The third-order valence-corrected chi connectivity index (χ3v) is 5.97. The lowest BCUT2D eigenvalue weighted by Crippen LogP contribution is -2.12. The van der Waals surface area contributed by atoms with E-state index < -0.39 is 0 Å². The van der Waals surface area contributed by atoms with Crippen molar-refractivity contribution in [2.24, 2.45) is 11.3 Å². The minimum atomic E-state index is 0.417. The molecule has 1 unspecified atom stereocenters. The van der Waals surface area contributed by atoms with Gasteiger partial charge in [0.1, 0.15) is 0 Å². The number of benzene rings is 2. The minimum absolute atomic E-state index is 0.417. The summed E-state index contributed by atoms with van der Waals surface area (Å²) in [5.74, 6) is 1.31. The van der Waals surface area contributed by atoms with E-state index in [1.807, 2.05) is 0 Å². The summed E-state index contributed by atoms with van der Waals surface area (Å²) in [6.45, 7) is 9.45. The molecule has 0 fully saturated rings. The van der Waals surface area contributed by atoms with Crippen LogP contribution in [0.1, 0.15) is 64.0 Å². The highest BCUT2D eigenvalue weighted by Gasteiger charge is 2.29. The van der Waals surface area contributed by atoms with Gasteiger partial charge in [-0.3, -0.25) is 0 Å². The molecule has 3 rings (SSSR count). The quantitative estimate of drug-likeness (QED) is 0.441. The number of hydrogen-bond acceptors (Lipinski definition) is 0. The zero-order valence-electron chi connectivity index (χ0n) is 15.0. The first-order valence-electron chi connectivity index (χ1n) is 8.84. The lowest BCUT2D eigenvalue weighted by atomic mass is 9.81. The minimum Gasteiger partial charge on any atom is -0.0625 e. The van der Waals surface area contributed by atoms with E-state index >= 15 is 0 Å². The zero-order valence-corrected chi connectivity index (χ0v) is 18.2. The number of rotatable bonds is 4. The normalized spacial score (nSPS) is 15.2. The van der Waals surface area contributed by atoms with Crippen LogP contribution in [0.3, 0.4) is 0 Å². The Morgan fingerprint density at radius 3 is 1.88 bits per heavy atom. The summed E-state index contributed by atoms with van der Waals surface area (Å²) in [6, 6.07) is 13.5. The van der Waals surface area contributed by atoms with Crippen LogP contribution in [-0.4, -0.2) is 0 Å². The first kappa shape index (κ1) is 18.2. The van der Waals surface area contributed by atoms with Gasteiger partial charge in [-0.25, -0.2) is 0 Å². The molecule has 0 saturated carbocycles. The molecule has 2 heteroatoms. The molecule has 24 heavy (non-hydrogen) atoms. The van der Waals surface area contributed by atoms with Gasteiger partial charge in [-0.1, -0.05) is 71.7 Å². The molecule has 0 amide bonds. The van der Waals surface area contributed by atoms with E-state index in [-0.39, 0.29) is 0 Å². The van der Waals surface area contributed by atoms with E-state index in [0.717, 1.165) is 14.9 Å². The second-order valence-electron chi connectivity index (χ2n) is 8.46. The van der Waals surface area contributed by atoms with Crippen molar-refractivity contribution in [2.45, 2.75) is 52.9 Å². The van der Waals surface area contributed by atoms with Gasteiger partial charge in [0.15, 0.2) is 0 Å². The monoisotopic (exact) mass is 448 g/mol. The Hall–Kier alpha value is -0.600. The topological polar surface area (TPSA) is 0 Å². The van der Waals surface area contributed by atoms with Crippen LogP contribution in [0.2, 0.25) is 0 Å². The molecule has 1 aliphatic carbocycles. The fourth-order valence-electron chi connectivity index (χ4n) is 4.21. The fraction of sp³-hybridized carbons (Fsp3) is 0.455. The van der Waals surface area contributed by atoms with Crippen LogP contribution >= 0.6 is 31.9 Å². The lowest BCUT2D eigenvalue weighted by molar-refractivity contribution is 0.291. The predicted molar refractivity (Wildman–Crippen MR) is 112 cm³/mol. The summed E-state index contributed by atoms with van der Waals surface area (Å²) in [6.07, 6.45) is 3.81. The van der Waals surface area contributed by atoms with Gasteiger partial charge in [0, 0.05) is 14.9 Å². The molecule has 0 heterocycles. The molecule has 0 radical (unpaired) electrons. The van der Waals surface area contributed by atoms with E-state index in [9.17, 15) is 0 Å². The molecule has 0 N–H and O–H groups in total. The predicted octanol–water partition coefficient (Wildman–Crippen LogP) is 8.18. The highest BCUT2D eigenvalue weighted by Crippen LogP contribution is 2.49. The van der Waals surface area contributed by atoms with Crippen molar-refractivity contribution in [3.05, 3.63) is 56.5 Å².